The third-order valence-corrected chi connectivity index (χ3v) is 4.31. The molecule has 1 heterocycles. The molecule has 5 heteroatoms. The number of carbonyl (C=O) groups excluding carboxylic acids is 1. The first-order valence-electron chi connectivity index (χ1n) is 7.32. The number of amides is 2. The fourth-order valence-electron chi connectivity index (χ4n) is 2.79. The lowest BCUT2D eigenvalue weighted by molar-refractivity contribution is 0.237. The summed E-state index contributed by atoms with van der Waals surface area (Å²) in [5, 5.41) is 7.74. The lowest BCUT2D eigenvalue weighted by atomic mass is 9.95. The van der Waals surface area contributed by atoms with Crippen molar-refractivity contribution in [1.29, 1.82) is 0 Å². The van der Waals surface area contributed by atoms with Crippen LogP contribution < -0.4 is 10.6 Å². The summed E-state index contributed by atoms with van der Waals surface area (Å²) >= 11 is 6.11. The van der Waals surface area contributed by atoms with Crippen LogP contribution in [-0.4, -0.2) is 23.6 Å². The lowest BCUT2D eigenvalue weighted by Gasteiger charge is -2.17. The molecule has 0 unspecified atom stereocenters. The van der Waals surface area contributed by atoms with Crippen molar-refractivity contribution in [1.82, 2.24) is 15.6 Å². The van der Waals surface area contributed by atoms with Gasteiger partial charge in [0.2, 0.25) is 0 Å². The molecule has 0 bridgehead atoms. The van der Waals surface area contributed by atoms with Crippen LogP contribution in [0.25, 0.3) is 10.9 Å². The lowest BCUT2D eigenvalue weighted by Crippen LogP contribution is -2.42. The van der Waals surface area contributed by atoms with Gasteiger partial charge in [-0.25, -0.2) is 4.79 Å². The van der Waals surface area contributed by atoms with Crippen molar-refractivity contribution in [2.75, 3.05) is 6.54 Å². The number of halogens is 1. The van der Waals surface area contributed by atoms with Gasteiger partial charge in [-0.1, -0.05) is 11.6 Å². The number of H-pyrrole nitrogens is 1. The summed E-state index contributed by atoms with van der Waals surface area (Å²) in [5.41, 5.74) is 2.40. The van der Waals surface area contributed by atoms with Crippen LogP contribution in [0.15, 0.2) is 24.4 Å². The number of urea groups is 1. The summed E-state index contributed by atoms with van der Waals surface area (Å²) in [4.78, 5) is 15.1. The molecule has 1 saturated carbocycles. The Morgan fingerprint density at radius 2 is 2.19 bits per heavy atom. The fourth-order valence-corrected chi connectivity index (χ4v) is 2.96. The summed E-state index contributed by atoms with van der Waals surface area (Å²) in [5.74, 6) is 0. The number of hydrogen-bond donors (Lipinski definition) is 3. The molecule has 1 fully saturated rings. The van der Waals surface area contributed by atoms with Crippen molar-refractivity contribution in [2.24, 2.45) is 0 Å². The maximum atomic E-state index is 11.8. The van der Waals surface area contributed by atoms with Gasteiger partial charge in [-0.15, -0.1) is 0 Å². The first kappa shape index (κ1) is 14.3. The van der Waals surface area contributed by atoms with E-state index in [1.165, 1.54) is 5.56 Å². The molecule has 1 aliphatic carbocycles. The topological polar surface area (TPSA) is 56.9 Å². The first-order valence-corrected chi connectivity index (χ1v) is 7.69. The summed E-state index contributed by atoms with van der Waals surface area (Å²) < 4.78 is 0. The second kappa shape index (κ2) is 5.26. The van der Waals surface area contributed by atoms with Crippen LogP contribution in [0.2, 0.25) is 5.02 Å². The van der Waals surface area contributed by atoms with E-state index in [2.05, 4.69) is 21.8 Å². The molecule has 3 rings (SSSR count). The zero-order chi connectivity index (χ0) is 15.0. The number of benzene rings is 1. The molecule has 2 aromatic rings. The van der Waals surface area contributed by atoms with E-state index in [4.69, 9.17) is 11.6 Å². The van der Waals surface area contributed by atoms with Crippen molar-refractivity contribution in [3.63, 3.8) is 0 Å². The maximum absolute atomic E-state index is 11.8. The highest BCUT2D eigenvalue weighted by molar-refractivity contribution is 6.31. The molecule has 0 spiro atoms. The minimum atomic E-state index is -0.103. The SMILES string of the molecule is CC(C)NC(=O)NCC1(c2c[nH]c3ccc(Cl)cc23)CC1. The van der Waals surface area contributed by atoms with Gasteiger partial charge in [0.1, 0.15) is 0 Å². The van der Waals surface area contributed by atoms with Crippen molar-refractivity contribution >= 4 is 28.5 Å². The molecule has 0 aliphatic heterocycles. The fraction of sp³-hybridized carbons (Fsp3) is 0.438. The maximum Gasteiger partial charge on any atom is 0.315 e. The van der Waals surface area contributed by atoms with Crippen LogP contribution in [0, 0.1) is 0 Å². The smallest absolute Gasteiger partial charge is 0.315 e. The number of hydrogen-bond acceptors (Lipinski definition) is 1. The number of aromatic amines is 1. The Morgan fingerprint density at radius 3 is 2.86 bits per heavy atom. The predicted molar refractivity (Wildman–Crippen MR) is 85.9 cm³/mol. The highest BCUT2D eigenvalue weighted by Crippen LogP contribution is 2.50. The minimum Gasteiger partial charge on any atom is -0.361 e. The highest BCUT2D eigenvalue weighted by Gasteiger charge is 2.45. The Kier molecular flexibility index (Phi) is 3.57. The average molecular weight is 306 g/mol. The zero-order valence-corrected chi connectivity index (χ0v) is 13.1. The van der Waals surface area contributed by atoms with E-state index in [0.717, 1.165) is 28.8 Å². The van der Waals surface area contributed by atoms with Gasteiger partial charge < -0.3 is 15.6 Å². The molecule has 4 nitrogen and oxygen atoms in total. The standard InChI is InChI=1S/C16H20ClN3O/c1-10(2)20-15(21)19-9-16(5-6-16)13-8-18-14-4-3-11(17)7-12(13)14/h3-4,7-8,10,18H,5-6,9H2,1-2H3,(H2,19,20,21). The Morgan fingerprint density at radius 1 is 1.43 bits per heavy atom. The van der Waals surface area contributed by atoms with Crippen molar-refractivity contribution in [3.05, 3.63) is 35.0 Å². The highest BCUT2D eigenvalue weighted by atomic mass is 35.5. The molecular weight excluding hydrogens is 286 g/mol. The second-order valence-electron chi connectivity index (χ2n) is 6.15. The second-order valence-corrected chi connectivity index (χ2v) is 6.59. The largest absolute Gasteiger partial charge is 0.361 e. The molecule has 112 valence electrons. The Labute approximate surface area is 129 Å². The normalized spacial score (nSPS) is 16.2. The van der Waals surface area contributed by atoms with E-state index in [9.17, 15) is 4.79 Å². The Bertz CT molecular complexity index is 673. The first-order chi connectivity index (χ1) is 10.00. The third-order valence-electron chi connectivity index (χ3n) is 4.08. The summed E-state index contributed by atoms with van der Waals surface area (Å²) in [6.45, 7) is 4.56. The van der Waals surface area contributed by atoms with Gasteiger partial charge in [0, 0.05) is 40.1 Å². The van der Waals surface area contributed by atoms with E-state index >= 15 is 0 Å². The van der Waals surface area contributed by atoms with Crippen LogP contribution in [0.4, 0.5) is 4.79 Å². The zero-order valence-electron chi connectivity index (χ0n) is 12.3. The van der Waals surface area contributed by atoms with Crippen LogP contribution in [0.3, 0.4) is 0 Å². The molecule has 2 amide bonds. The summed E-state index contributed by atoms with van der Waals surface area (Å²) in [6.07, 6.45) is 4.23. The molecule has 21 heavy (non-hydrogen) atoms. The molecule has 1 aliphatic rings. The van der Waals surface area contributed by atoms with Crippen molar-refractivity contribution < 1.29 is 4.79 Å². The van der Waals surface area contributed by atoms with E-state index in [1.807, 2.05) is 32.0 Å². The monoisotopic (exact) mass is 305 g/mol. The van der Waals surface area contributed by atoms with Crippen molar-refractivity contribution in [2.45, 2.75) is 38.1 Å². The Balaban J connectivity index is 1.78. The molecule has 1 aromatic heterocycles. The molecular formula is C16H20ClN3O. The average Bonchev–Trinajstić information content (AvgIpc) is 3.09. The third kappa shape index (κ3) is 2.86. The molecule has 0 saturated heterocycles. The van der Waals surface area contributed by atoms with Crippen LogP contribution in [0.5, 0.6) is 0 Å². The van der Waals surface area contributed by atoms with E-state index in [1.54, 1.807) is 0 Å². The van der Waals surface area contributed by atoms with E-state index in [0.29, 0.717) is 6.54 Å². The van der Waals surface area contributed by atoms with Gasteiger partial charge in [0.15, 0.2) is 0 Å². The van der Waals surface area contributed by atoms with Crippen LogP contribution in [0.1, 0.15) is 32.3 Å². The van der Waals surface area contributed by atoms with Gasteiger partial charge in [-0.05, 0) is 50.5 Å². The molecule has 0 radical (unpaired) electrons. The van der Waals surface area contributed by atoms with Crippen LogP contribution in [-0.2, 0) is 5.41 Å². The molecule has 0 atom stereocenters. The predicted octanol–water partition coefficient (Wildman–Crippen LogP) is 3.56. The van der Waals surface area contributed by atoms with Gasteiger partial charge in [0.05, 0.1) is 0 Å². The number of fused-ring (bicyclic) bond motifs is 1. The van der Waals surface area contributed by atoms with Crippen LogP contribution >= 0.6 is 11.6 Å². The number of nitrogens with one attached hydrogen (secondary N) is 3. The summed E-state index contributed by atoms with van der Waals surface area (Å²) in [6, 6.07) is 5.92. The van der Waals surface area contributed by atoms with E-state index < -0.39 is 0 Å². The number of aromatic nitrogens is 1. The number of rotatable bonds is 4. The van der Waals surface area contributed by atoms with Gasteiger partial charge in [0.25, 0.3) is 0 Å². The Hall–Kier alpha value is -1.68. The molecule has 3 N–H and O–H groups in total. The van der Waals surface area contributed by atoms with E-state index in [-0.39, 0.29) is 17.5 Å². The van der Waals surface area contributed by atoms with Gasteiger partial charge in [-0.3, -0.25) is 0 Å². The number of carbonyl (C=O) groups is 1. The minimum absolute atomic E-state index is 0.0528. The van der Waals surface area contributed by atoms with Gasteiger partial charge in [-0.2, -0.15) is 0 Å². The summed E-state index contributed by atoms with van der Waals surface area (Å²) in [7, 11) is 0. The van der Waals surface area contributed by atoms with Crippen molar-refractivity contribution in [3.8, 4) is 0 Å². The van der Waals surface area contributed by atoms with Gasteiger partial charge >= 0.3 is 6.03 Å². The quantitative estimate of drug-likeness (QED) is 0.795. The molecule has 1 aromatic carbocycles.